The molecule has 44 valence electrons. The van der Waals surface area contributed by atoms with Crippen LogP contribution in [0.3, 0.4) is 0 Å². The van der Waals surface area contributed by atoms with E-state index in [4.69, 9.17) is 0 Å². The molecule has 1 aliphatic heterocycles. The van der Waals surface area contributed by atoms with E-state index in [-0.39, 0.29) is 0 Å². The molecule has 0 aromatic rings. The Morgan fingerprint density at radius 1 is 1.44 bits per heavy atom. The van der Waals surface area contributed by atoms with Gasteiger partial charge in [-0.2, -0.15) is 0 Å². The Kier molecular flexibility index (Phi) is 0.758. The highest BCUT2D eigenvalue weighted by molar-refractivity contribution is 6.06. The summed E-state index contributed by atoms with van der Waals surface area (Å²) >= 11 is 0. The Hall–Kier alpha value is -1.11. The highest BCUT2D eigenvalue weighted by atomic mass is 14.7. The van der Waals surface area contributed by atoms with Gasteiger partial charge in [-0.3, -0.25) is 4.99 Å². The minimum Gasteiger partial charge on any atom is -0.260 e. The van der Waals surface area contributed by atoms with Gasteiger partial charge in [0, 0.05) is 23.1 Å². The molecule has 9 heavy (non-hydrogen) atoms. The summed E-state index contributed by atoms with van der Waals surface area (Å²) in [5.74, 6) is 0. The third kappa shape index (κ3) is 0.515. The van der Waals surface area contributed by atoms with Crippen molar-refractivity contribution in [2.45, 2.75) is 6.92 Å². The molecule has 1 heterocycles. The van der Waals surface area contributed by atoms with Crippen LogP contribution in [0, 0.1) is 0 Å². The van der Waals surface area contributed by atoms with Crippen LogP contribution in [0.25, 0.3) is 0 Å². The van der Waals surface area contributed by atoms with Gasteiger partial charge in [-0.25, -0.2) is 0 Å². The second-order valence-electron chi connectivity index (χ2n) is 2.24. The first-order chi connectivity index (χ1) is 4.38. The summed E-state index contributed by atoms with van der Waals surface area (Å²) in [6.07, 6.45) is 8.14. The fourth-order valence-electron chi connectivity index (χ4n) is 1.11. The normalized spacial score (nSPS) is 21.2. The van der Waals surface area contributed by atoms with E-state index in [1.54, 1.807) is 0 Å². The largest absolute Gasteiger partial charge is 0.260 e. The molecule has 0 N–H and O–H groups in total. The number of rotatable bonds is 0. The summed E-state index contributed by atoms with van der Waals surface area (Å²) in [5, 5.41) is 0. The van der Waals surface area contributed by atoms with Crippen molar-refractivity contribution in [3.63, 3.8) is 0 Å². The lowest BCUT2D eigenvalue weighted by Gasteiger charge is -1.91. The van der Waals surface area contributed by atoms with Crippen LogP contribution in [0.15, 0.2) is 40.6 Å². The fourth-order valence-corrected chi connectivity index (χ4v) is 1.11. The maximum absolute atomic E-state index is 4.16. The molecule has 0 radical (unpaired) electrons. The fraction of sp³-hybridized carbons (Fsp3) is 0.125. The lowest BCUT2D eigenvalue weighted by Crippen LogP contribution is -1.89. The van der Waals surface area contributed by atoms with E-state index in [2.05, 4.69) is 23.2 Å². The summed E-state index contributed by atoms with van der Waals surface area (Å²) < 4.78 is 0. The van der Waals surface area contributed by atoms with Gasteiger partial charge < -0.3 is 0 Å². The third-order valence-corrected chi connectivity index (χ3v) is 1.64. The third-order valence-electron chi connectivity index (χ3n) is 1.64. The zero-order chi connectivity index (χ0) is 6.27. The van der Waals surface area contributed by atoms with Gasteiger partial charge in [0.25, 0.3) is 0 Å². The zero-order valence-electron chi connectivity index (χ0n) is 5.26. The Balaban J connectivity index is 2.53. The highest BCUT2D eigenvalue weighted by Gasteiger charge is 2.12. The Morgan fingerprint density at radius 2 is 2.33 bits per heavy atom. The van der Waals surface area contributed by atoms with Crippen LogP contribution in [0.2, 0.25) is 0 Å². The second kappa shape index (κ2) is 1.44. The predicted molar refractivity (Wildman–Crippen MR) is 38.4 cm³/mol. The van der Waals surface area contributed by atoms with E-state index >= 15 is 0 Å². The minimum absolute atomic E-state index is 1.13. The molecule has 0 aromatic carbocycles. The van der Waals surface area contributed by atoms with Gasteiger partial charge in [0.05, 0.1) is 0 Å². The van der Waals surface area contributed by atoms with E-state index in [1.807, 2.05) is 13.1 Å². The highest BCUT2D eigenvalue weighted by Crippen LogP contribution is 2.24. The van der Waals surface area contributed by atoms with Crippen molar-refractivity contribution in [1.82, 2.24) is 0 Å². The maximum Gasteiger partial charge on any atom is 0.0451 e. The maximum atomic E-state index is 4.16. The van der Waals surface area contributed by atoms with E-state index < -0.39 is 0 Å². The first-order valence-corrected chi connectivity index (χ1v) is 3.01. The van der Waals surface area contributed by atoms with Crippen molar-refractivity contribution in [2.75, 3.05) is 0 Å². The van der Waals surface area contributed by atoms with Crippen molar-refractivity contribution in [3.05, 3.63) is 35.6 Å². The number of aliphatic imine (C=N–C) groups is 1. The van der Waals surface area contributed by atoms with Crippen LogP contribution in [0.5, 0.6) is 0 Å². The van der Waals surface area contributed by atoms with Crippen molar-refractivity contribution >= 4 is 5.71 Å². The standard InChI is InChI=1S/C8H7N/c1-6-8-4-2-3-7(8)5-9-6/h2-5H,1H3. The summed E-state index contributed by atoms with van der Waals surface area (Å²) in [4.78, 5) is 4.16. The van der Waals surface area contributed by atoms with Crippen molar-refractivity contribution in [2.24, 2.45) is 4.99 Å². The molecule has 0 amide bonds. The first-order valence-electron chi connectivity index (χ1n) is 3.01. The van der Waals surface area contributed by atoms with Gasteiger partial charge >= 0.3 is 0 Å². The van der Waals surface area contributed by atoms with Crippen LogP contribution in [0.1, 0.15) is 6.92 Å². The molecule has 1 aliphatic carbocycles. The summed E-state index contributed by atoms with van der Waals surface area (Å²) in [7, 11) is 0. The summed E-state index contributed by atoms with van der Waals surface area (Å²) in [5.41, 5.74) is 3.68. The molecule has 0 saturated heterocycles. The van der Waals surface area contributed by atoms with Crippen LogP contribution in [-0.4, -0.2) is 5.71 Å². The summed E-state index contributed by atoms with van der Waals surface area (Å²) in [6, 6.07) is 0. The van der Waals surface area contributed by atoms with Crippen LogP contribution >= 0.6 is 0 Å². The topological polar surface area (TPSA) is 12.4 Å². The average molecular weight is 117 g/mol. The van der Waals surface area contributed by atoms with Gasteiger partial charge in [0.15, 0.2) is 0 Å². The average Bonchev–Trinajstić information content (AvgIpc) is 2.35. The molecule has 0 fully saturated rings. The van der Waals surface area contributed by atoms with E-state index in [0.717, 1.165) is 5.71 Å². The Bertz CT molecular complexity index is 264. The number of nitrogens with zero attached hydrogens (tertiary/aromatic N) is 1. The lowest BCUT2D eigenvalue weighted by atomic mass is 10.1. The molecule has 1 heteroatoms. The van der Waals surface area contributed by atoms with Crippen LogP contribution < -0.4 is 0 Å². The number of hydrogen-bond donors (Lipinski definition) is 0. The monoisotopic (exact) mass is 117 g/mol. The number of hydrogen-bond acceptors (Lipinski definition) is 1. The molecule has 0 unspecified atom stereocenters. The predicted octanol–water partition coefficient (Wildman–Crippen LogP) is 1.84. The quantitative estimate of drug-likeness (QED) is 0.459. The van der Waals surface area contributed by atoms with Crippen molar-refractivity contribution in [1.29, 1.82) is 0 Å². The van der Waals surface area contributed by atoms with Crippen molar-refractivity contribution in [3.8, 4) is 0 Å². The van der Waals surface area contributed by atoms with Crippen molar-refractivity contribution < 1.29 is 0 Å². The first kappa shape index (κ1) is 4.74. The molecule has 0 saturated carbocycles. The Morgan fingerprint density at radius 3 is 3.11 bits per heavy atom. The number of fused-ring (bicyclic) bond motifs is 1. The van der Waals surface area contributed by atoms with Gasteiger partial charge in [-0.05, 0) is 6.92 Å². The number of allylic oxidation sites excluding steroid dienone is 5. The van der Waals surface area contributed by atoms with Gasteiger partial charge in [-0.1, -0.05) is 18.2 Å². The molecule has 1 nitrogen and oxygen atoms in total. The molecular formula is C8H7N. The van der Waals surface area contributed by atoms with Crippen LogP contribution in [-0.2, 0) is 0 Å². The minimum atomic E-state index is 1.13. The zero-order valence-corrected chi connectivity index (χ0v) is 5.26. The molecule has 0 spiro atoms. The molecular weight excluding hydrogens is 110 g/mol. The van der Waals surface area contributed by atoms with Crippen LogP contribution in [0.4, 0.5) is 0 Å². The van der Waals surface area contributed by atoms with E-state index in [0.29, 0.717) is 0 Å². The van der Waals surface area contributed by atoms with Gasteiger partial charge in [0.2, 0.25) is 0 Å². The molecule has 2 aliphatic rings. The second-order valence-corrected chi connectivity index (χ2v) is 2.24. The van der Waals surface area contributed by atoms with E-state index in [1.165, 1.54) is 11.1 Å². The molecule has 0 aromatic heterocycles. The lowest BCUT2D eigenvalue weighted by molar-refractivity contribution is 1.57. The smallest absolute Gasteiger partial charge is 0.0451 e. The van der Waals surface area contributed by atoms with E-state index in [9.17, 15) is 0 Å². The Labute approximate surface area is 54.1 Å². The summed E-state index contributed by atoms with van der Waals surface area (Å²) in [6.45, 7) is 2.03. The van der Waals surface area contributed by atoms with Gasteiger partial charge in [0.1, 0.15) is 0 Å². The molecule has 0 atom stereocenters. The molecule has 0 bridgehead atoms. The SMILES string of the molecule is CC1=NC=C2C=CC=C21. The molecule has 2 rings (SSSR count). The van der Waals surface area contributed by atoms with Gasteiger partial charge in [-0.15, -0.1) is 0 Å².